The predicted octanol–water partition coefficient (Wildman–Crippen LogP) is 6.45. The molecule has 28 heavy (non-hydrogen) atoms. The molecule has 0 saturated heterocycles. The molecule has 0 spiro atoms. The number of hydrogen-bond acceptors (Lipinski definition) is 4. The number of hydrogen-bond donors (Lipinski definition) is 1. The van der Waals surface area contributed by atoms with Crippen molar-refractivity contribution < 1.29 is 4.79 Å². The van der Waals surface area contributed by atoms with E-state index in [1.807, 2.05) is 79.1 Å². The largest absolute Gasteiger partial charge is 0.298 e. The Kier molecular flexibility index (Phi) is 5.55. The predicted molar refractivity (Wildman–Crippen MR) is 119 cm³/mol. The summed E-state index contributed by atoms with van der Waals surface area (Å²) in [6.07, 6.45) is 1.97. The van der Waals surface area contributed by atoms with Crippen molar-refractivity contribution in [2.24, 2.45) is 0 Å². The van der Waals surface area contributed by atoms with Gasteiger partial charge < -0.3 is 0 Å². The van der Waals surface area contributed by atoms with Crippen LogP contribution in [-0.2, 0) is 0 Å². The monoisotopic (exact) mass is 402 g/mol. The highest BCUT2D eigenvalue weighted by atomic mass is 32.2. The first-order valence-corrected chi connectivity index (χ1v) is 10.9. The zero-order chi connectivity index (χ0) is 19.3. The third-order valence-corrected chi connectivity index (χ3v) is 6.10. The highest BCUT2D eigenvalue weighted by Gasteiger charge is 2.18. The van der Waals surface area contributed by atoms with Crippen molar-refractivity contribution in [1.29, 1.82) is 0 Å². The standard InChI is InChI=1S/C23H18N2OS2/c1-27-19-15-9-8-14-18(19)22(26)25-23-24-20(16-10-4-2-5-11-16)21(28-23)17-12-6-3-7-13-17/h2-15H,1H3,(H,24,25,26). The molecule has 3 nitrogen and oxygen atoms in total. The van der Waals surface area contributed by atoms with Gasteiger partial charge in [-0.3, -0.25) is 10.1 Å². The number of nitrogens with zero attached hydrogens (tertiary/aromatic N) is 1. The second kappa shape index (κ2) is 8.42. The molecule has 0 aliphatic carbocycles. The van der Waals surface area contributed by atoms with Crippen LogP contribution in [0, 0.1) is 0 Å². The molecule has 0 aliphatic heterocycles. The summed E-state index contributed by atoms with van der Waals surface area (Å²) in [5, 5.41) is 3.58. The summed E-state index contributed by atoms with van der Waals surface area (Å²) >= 11 is 3.05. The van der Waals surface area contributed by atoms with Gasteiger partial charge in [0.05, 0.1) is 16.1 Å². The van der Waals surface area contributed by atoms with Crippen LogP contribution in [0.3, 0.4) is 0 Å². The Labute approximate surface area is 172 Å². The number of nitrogens with one attached hydrogen (secondary N) is 1. The van der Waals surface area contributed by atoms with E-state index in [-0.39, 0.29) is 5.91 Å². The number of benzene rings is 3. The number of carbonyl (C=O) groups is 1. The van der Waals surface area contributed by atoms with Crippen molar-refractivity contribution in [2.75, 3.05) is 11.6 Å². The zero-order valence-electron chi connectivity index (χ0n) is 15.3. The molecule has 1 aromatic heterocycles. The van der Waals surface area contributed by atoms with E-state index in [1.54, 1.807) is 11.8 Å². The van der Waals surface area contributed by atoms with Crippen molar-refractivity contribution >= 4 is 34.1 Å². The maximum atomic E-state index is 12.8. The summed E-state index contributed by atoms with van der Waals surface area (Å²) in [6, 6.07) is 27.8. The minimum atomic E-state index is -0.141. The smallest absolute Gasteiger partial charge is 0.258 e. The van der Waals surface area contributed by atoms with Gasteiger partial charge in [-0.1, -0.05) is 84.1 Å². The van der Waals surface area contributed by atoms with E-state index in [1.165, 1.54) is 11.3 Å². The number of anilines is 1. The van der Waals surface area contributed by atoms with Crippen molar-refractivity contribution in [3.63, 3.8) is 0 Å². The summed E-state index contributed by atoms with van der Waals surface area (Å²) in [5.74, 6) is -0.141. The lowest BCUT2D eigenvalue weighted by molar-refractivity contribution is 0.102. The molecule has 0 unspecified atom stereocenters. The van der Waals surface area contributed by atoms with E-state index in [2.05, 4.69) is 17.4 Å². The Morgan fingerprint density at radius 2 is 1.46 bits per heavy atom. The third kappa shape index (κ3) is 3.86. The van der Waals surface area contributed by atoms with E-state index in [0.717, 1.165) is 26.6 Å². The fourth-order valence-electron chi connectivity index (χ4n) is 2.95. The Balaban J connectivity index is 1.73. The van der Waals surface area contributed by atoms with Crippen LogP contribution in [0.5, 0.6) is 0 Å². The topological polar surface area (TPSA) is 42.0 Å². The average molecular weight is 403 g/mol. The third-order valence-electron chi connectivity index (χ3n) is 4.28. The van der Waals surface area contributed by atoms with Crippen LogP contribution in [0.4, 0.5) is 5.13 Å². The van der Waals surface area contributed by atoms with Gasteiger partial charge in [-0.25, -0.2) is 4.98 Å². The minimum Gasteiger partial charge on any atom is -0.298 e. The van der Waals surface area contributed by atoms with Gasteiger partial charge in [0.1, 0.15) is 0 Å². The van der Waals surface area contributed by atoms with Crippen molar-refractivity contribution in [2.45, 2.75) is 4.90 Å². The first kappa shape index (κ1) is 18.5. The van der Waals surface area contributed by atoms with Crippen LogP contribution in [0.1, 0.15) is 10.4 Å². The first-order chi connectivity index (χ1) is 13.8. The quantitative estimate of drug-likeness (QED) is 0.390. The molecule has 4 rings (SSSR count). The molecule has 0 saturated carbocycles. The molecule has 5 heteroatoms. The maximum absolute atomic E-state index is 12.8. The van der Waals surface area contributed by atoms with Crippen molar-refractivity contribution in [1.82, 2.24) is 4.98 Å². The minimum absolute atomic E-state index is 0.141. The number of thioether (sulfide) groups is 1. The summed E-state index contributed by atoms with van der Waals surface area (Å²) in [6.45, 7) is 0. The second-order valence-corrected chi connectivity index (χ2v) is 7.93. The lowest BCUT2D eigenvalue weighted by Gasteiger charge is -2.06. The van der Waals surface area contributed by atoms with Gasteiger partial charge in [-0.2, -0.15) is 0 Å². The SMILES string of the molecule is CSc1ccccc1C(=O)Nc1nc(-c2ccccc2)c(-c2ccccc2)s1. The molecule has 0 fully saturated rings. The fourth-order valence-corrected chi connectivity index (χ4v) is 4.53. The Morgan fingerprint density at radius 1 is 0.857 bits per heavy atom. The number of carbonyl (C=O) groups excluding carboxylic acids is 1. The normalized spacial score (nSPS) is 10.6. The molecule has 0 aliphatic rings. The molecule has 1 heterocycles. The molecular weight excluding hydrogens is 384 g/mol. The Bertz CT molecular complexity index is 1040. The van der Waals surface area contributed by atoms with Gasteiger partial charge in [0.25, 0.3) is 5.91 Å². The molecule has 0 atom stereocenters. The van der Waals surface area contributed by atoms with Gasteiger partial charge in [0, 0.05) is 10.5 Å². The van der Waals surface area contributed by atoms with Crippen LogP contribution in [-0.4, -0.2) is 17.1 Å². The number of rotatable bonds is 5. The van der Waals surface area contributed by atoms with E-state index in [4.69, 9.17) is 4.98 Å². The first-order valence-electron chi connectivity index (χ1n) is 8.82. The summed E-state index contributed by atoms with van der Waals surface area (Å²) in [7, 11) is 0. The molecule has 1 N–H and O–H groups in total. The second-order valence-electron chi connectivity index (χ2n) is 6.08. The molecule has 3 aromatic carbocycles. The highest BCUT2D eigenvalue weighted by Crippen LogP contribution is 2.39. The summed E-state index contributed by atoms with van der Waals surface area (Å²) < 4.78 is 0. The number of aromatic nitrogens is 1. The van der Waals surface area contributed by atoms with Crippen LogP contribution >= 0.6 is 23.1 Å². The maximum Gasteiger partial charge on any atom is 0.258 e. The molecule has 1 amide bonds. The van der Waals surface area contributed by atoms with Gasteiger partial charge >= 0.3 is 0 Å². The summed E-state index contributed by atoms with van der Waals surface area (Å²) in [5.41, 5.74) is 3.66. The Hall–Kier alpha value is -2.89. The van der Waals surface area contributed by atoms with E-state index in [0.29, 0.717) is 10.7 Å². The molecule has 0 radical (unpaired) electrons. The molecule has 0 bridgehead atoms. The van der Waals surface area contributed by atoms with Crippen LogP contribution in [0.2, 0.25) is 0 Å². The molecular formula is C23H18N2OS2. The highest BCUT2D eigenvalue weighted by molar-refractivity contribution is 7.98. The summed E-state index contributed by atoms with van der Waals surface area (Å²) in [4.78, 5) is 19.6. The molecule has 138 valence electrons. The Morgan fingerprint density at radius 3 is 2.14 bits per heavy atom. The van der Waals surface area contributed by atoms with Crippen LogP contribution < -0.4 is 5.32 Å². The lowest BCUT2D eigenvalue weighted by atomic mass is 10.1. The number of thiazole rings is 1. The van der Waals surface area contributed by atoms with Crippen LogP contribution in [0.15, 0.2) is 89.8 Å². The van der Waals surface area contributed by atoms with Crippen molar-refractivity contribution in [3.05, 3.63) is 90.5 Å². The average Bonchev–Trinajstić information content (AvgIpc) is 3.18. The van der Waals surface area contributed by atoms with Gasteiger partial charge in [-0.15, -0.1) is 11.8 Å². The zero-order valence-corrected chi connectivity index (χ0v) is 16.9. The lowest BCUT2D eigenvalue weighted by Crippen LogP contribution is -2.12. The van der Waals surface area contributed by atoms with Gasteiger partial charge in [-0.05, 0) is 24.0 Å². The van der Waals surface area contributed by atoms with E-state index >= 15 is 0 Å². The van der Waals surface area contributed by atoms with Crippen LogP contribution in [0.25, 0.3) is 21.7 Å². The molecule has 4 aromatic rings. The van der Waals surface area contributed by atoms with Crippen molar-refractivity contribution in [3.8, 4) is 21.7 Å². The van der Waals surface area contributed by atoms with Gasteiger partial charge in [0.15, 0.2) is 5.13 Å². The van der Waals surface area contributed by atoms with Gasteiger partial charge in [0.2, 0.25) is 0 Å². The fraction of sp³-hybridized carbons (Fsp3) is 0.0435. The van der Waals surface area contributed by atoms with E-state index < -0.39 is 0 Å². The number of amides is 1. The van der Waals surface area contributed by atoms with E-state index in [9.17, 15) is 4.79 Å².